The topological polar surface area (TPSA) is 61.6 Å². The first-order valence-corrected chi connectivity index (χ1v) is 8.36. The van der Waals surface area contributed by atoms with Crippen molar-refractivity contribution in [2.75, 3.05) is 6.54 Å². The Morgan fingerprint density at radius 2 is 1.88 bits per heavy atom. The second-order valence-electron chi connectivity index (χ2n) is 6.30. The predicted octanol–water partition coefficient (Wildman–Crippen LogP) is 4.11. The van der Waals surface area contributed by atoms with Gasteiger partial charge in [0.15, 0.2) is 0 Å². The molecule has 1 unspecified atom stereocenters. The maximum Gasteiger partial charge on any atom is 0.403 e. The lowest BCUT2D eigenvalue weighted by molar-refractivity contribution is -0.151. The first kappa shape index (κ1) is 19.9. The molecule has 1 aromatic heterocycles. The molecule has 0 saturated heterocycles. The van der Waals surface area contributed by atoms with Gasteiger partial charge in [-0.05, 0) is 63.4 Å². The Kier molecular flexibility index (Phi) is 6.32. The maximum atomic E-state index is 12.5. The number of aromatic nitrogens is 2. The smallest absolute Gasteiger partial charge is 0.306 e. The molecule has 2 rings (SSSR count). The third kappa shape index (κ3) is 5.27. The van der Waals surface area contributed by atoms with Crippen molar-refractivity contribution >= 4 is 0 Å². The van der Waals surface area contributed by atoms with Crippen molar-refractivity contribution in [3.63, 3.8) is 0 Å². The normalized spacial score (nSPS) is 12.7. The molecule has 0 aliphatic carbocycles. The van der Waals surface area contributed by atoms with Crippen LogP contribution in [0.1, 0.15) is 36.0 Å². The summed E-state index contributed by atoms with van der Waals surface area (Å²) in [5, 5.41) is 11.6. The molecule has 0 saturated carbocycles. The minimum atomic E-state index is -4.25. The van der Waals surface area contributed by atoms with Gasteiger partial charge in [-0.15, -0.1) is 0 Å². The average molecular weight is 362 g/mol. The minimum absolute atomic E-state index is 0.0624. The van der Waals surface area contributed by atoms with Gasteiger partial charge in [0.25, 0.3) is 0 Å². The van der Waals surface area contributed by atoms with Gasteiger partial charge in [-0.25, -0.2) is 9.97 Å². The van der Waals surface area contributed by atoms with Crippen LogP contribution in [0, 0.1) is 25.2 Å². The number of hydrogen-bond donors (Lipinski definition) is 1. The Hall–Kier alpha value is -2.46. The van der Waals surface area contributed by atoms with Gasteiger partial charge >= 0.3 is 6.18 Å². The molecule has 4 nitrogen and oxygen atoms in total. The fourth-order valence-corrected chi connectivity index (χ4v) is 2.43. The minimum Gasteiger partial charge on any atom is -0.306 e. The quantitative estimate of drug-likeness (QED) is 0.786. The van der Waals surface area contributed by atoms with Crippen LogP contribution < -0.4 is 5.32 Å². The van der Waals surface area contributed by atoms with Crippen molar-refractivity contribution in [3.8, 4) is 17.3 Å². The van der Waals surface area contributed by atoms with Crippen LogP contribution in [0.3, 0.4) is 0 Å². The summed E-state index contributed by atoms with van der Waals surface area (Å²) in [5.74, 6) is 0.0624. The van der Waals surface area contributed by atoms with Gasteiger partial charge < -0.3 is 5.32 Å². The molecule has 0 radical (unpaired) electrons. The summed E-state index contributed by atoms with van der Waals surface area (Å²) in [7, 11) is 0. The van der Waals surface area contributed by atoms with E-state index in [1.165, 1.54) is 0 Å². The lowest BCUT2D eigenvalue weighted by atomic mass is 10.0. The number of nitrogens with zero attached hydrogens (tertiary/aromatic N) is 3. The van der Waals surface area contributed by atoms with Crippen LogP contribution in [0.5, 0.6) is 0 Å². The van der Waals surface area contributed by atoms with Gasteiger partial charge in [0.05, 0.1) is 5.69 Å². The first-order chi connectivity index (χ1) is 12.2. The summed E-state index contributed by atoms with van der Waals surface area (Å²) < 4.78 is 37.4. The number of nitrogens with one attached hydrogen (secondary N) is 1. The average Bonchev–Trinajstić information content (AvgIpc) is 2.59. The third-order valence-corrected chi connectivity index (χ3v) is 4.23. The monoisotopic (exact) mass is 362 g/mol. The van der Waals surface area contributed by atoms with E-state index in [0.717, 1.165) is 23.6 Å². The fraction of sp³-hybridized carbons (Fsp3) is 0.421. The Morgan fingerprint density at radius 1 is 1.15 bits per heavy atom. The summed E-state index contributed by atoms with van der Waals surface area (Å²) in [5.41, 5.74) is 4.45. The van der Waals surface area contributed by atoms with E-state index in [1.807, 2.05) is 38.1 Å². The number of rotatable bonds is 6. The number of benzene rings is 1. The standard InChI is InChI=1S/C19H21F3N4/c1-12-6-7-15(9-13(12)2)17-10-16(25-18(11-23)26-17)5-4-8-24-14(3)19(20,21)22/h6-7,9-10,14,24H,4-5,8H2,1-3H3. The molecule has 2 aromatic rings. The highest BCUT2D eigenvalue weighted by atomic mass is 19.4. The highest BCUT2D eigenvalue weighted by Gasteiger charge is 2.35. The Labute approximate surface area is 151 Å². The van der Waals surface area contributed by atoms with E-state index in [0.29, 0.717) is 24.2 Å². The summed E-state index contributed by atoms with van der Waals surface area (Å²) in [6, 6.07) is 8.10. The summed E-state index contributed by atoms with van der Waals surface area (Å²) in [4.78, 5) is 8.41. The molecule has 1 atom stereocenters. The van der Waals surface area contributed by atoms with Crippen molar-refractivity contribution in [3.05, 3.63) is 46.9 Å². The largest absolute Gasteiger partial charge is 0.403 e. The van der Waals surface area contributed by atoms with E-state index < -0.39 is 12.2 Å². The second-order valence-corrected chi connectivity index (χ2v) is 6.30. The van der Waals surface area contributed by atoms with Gasteiger partial charge in [0.1, 0.15) is 12.1 Å². The summed E-state index contributed by atoms with van der Waals surface area (Å²) in [6.07, 6.45) is -3.30. The van der Waals surface area contributed by atoms with Crippen LogP contribution in [0.15, 0.2) is 24.3 Å². The van der Waals surface area contributed by atoms with Crippen molar-refractivity contribution in [2.45, 2.75) is 45.8 Å². The van der Waals surface area contributed by atoms with Crippen molar-refractivity contribution in [1.82, 2.24) is 15.3 Å². The zero-order chi connectivity index (χ0) is 19.3. The van der Waals surface area contributed by atoms with E-state index in [9.17, 15) is 13.2 Å². The SMILES string of the molecule is Cc1ccc(-c2cc(CCCNC(C)C(F)(F)F)nc(C#N)n2)cc1C. The van der Waals surface area contributed by atoms with E-state index in [1.54, 1.807) is 6.07 Å². The zero-order valence-corrected chi connectivity index (χ0v) is 15.0. The highest BCUT2D eigenvalue weighted by molar-refractivity contribution is 5.61. The Bertz CT molecular complexity index is 809. The van der Waals surface area contributed by atoms with Gasteiger partial charge in [-0.1, -0.05) is 12.1 Å². The van der Waals surface area contributed by atoms with Gasteiger partial charge in [0, 0.05) is 11.3 Å². The van der Waals surface area contributed by atoms with Crippen LogP contribution in [0.4, 0.5) is 13.2 Å². The molecule has 0 fully saturated rings. The molecule has 0 spiro atoms. The first-order valence-electron chi connectivity index (χ1n) is 8.36. The Morgan fingerprint density at radius 3 is 2.50 bits per heavy atom. The number of alkyl halides is 3. The van der Waals surface area contributed by atoms with Crippen LogP contribution in [-0.4, -0.2) is 28.7 Å². The number of nitriles is 1. The molecule has 1 aromatic carbocycles. The van der Waals surface area contributed by atoms with E-state index >= 15 is 0 Å². The molecule has 0 bridgehead atoms. The summed E-state index contributed by atoms with van der Waals surface area (Å²) in [6.45, 7) is 5.32. The summed E-state index contributed by atoms with van der Waals surface area (Å²) >= 11 is 0. The van der Waals surface area contributed by atoms with Crippen molar-refractivity contribution in [1.29, 1.82) is 5.26 Å². The highest BCUT2D eigenvalue weighted by Crippen LogP contribution is 2.22. The predicted molar refractivity (Wildman–Crippen MR) is 93.5 cm³/mol. The molecule has 0 aliphatic heterocycles. The fourth-order valence-electron chi connectivity index (χ4n) is 2.43. The molecule has 0 amide bonds. The molecule has 138 valence electrons. The van der Waals surface area contributed by atoms with Gasteiger partial charge in [-0.3, -0.25) is 0 Å². The van der Waals surface area contributed by atoms with Gasteiger partial charge in [-0.2, -0.15) is 18.4 Å². The van der Waals surface area contributed by atoms with Gasteiger partial charge in [0.2, 0.25) is 5.82 Å². The van der Waals surface area contributed by atoms with E-state index in [4.69, 9.17) is 5.26 Å². The van der Waals surface area contributed by atoms with Crippen LogP contribution in [0.2, 0.25) is 0 Å². The molecule has 7 heteroatoms. The molecule has 26 heavy (non-hydrogen) atoms. The van der Waals surface area contributed by atoms with Crippen LogP contribution >= 0.6 is 0 Å². The van der Waals surface area contributed by atoms with Crippen LogP contribution in [0.25, 0.3) is 11.3 Å². The molecule has 0 aliphatic rings. The second kappa shape index (κ2) is 8.28. The van der Waals surface area contributed by atoms with E-state index in [2.05, 4.69) is 15.3 Å². The Balaban J connectivity index is 2.10. The van der Waals surface area contributed by atoms with E-state index in [-0.39, 0.29) is 12.4 Å². The lowest BCUT2D eigenvalue weighted by Gasteiger charge is -2.16. The van der Waals surface area contributed by atoms with Crippen LogP contribution in [-0.2, 0) is 6.42 Å². The number of hydrogen-bond acceptors (Lipinski definition) is 4. The van der Waals surface area contributed by atoms with Crippen molar-refractivity contribution < 1.29 is 13.2 Å². The molecular formula is C19H21F3N4. The molecule has 1 heterocycles. The number of aryl methyl sites for hydroxylation is 3. The third-order valence-electron chi connectivity index (χ3n) is 4.23. The zero-order valence-electron chi connectivity index (χ0n) is 15.0. The number of halogens is 3. The lowest BCUT2D eigenvalue weighted by Crippen LogP contribution is -2.40. The van der Waals surface area contributed by atoms with Crippen molar-refractivity contribution in [2.24, 2.45) is 0 Å². The molecular weight excluding hydrogens is 341 g/mol. The molecule has 1 N–H and O–H groups in total. The maximum absolute atomic E-state index is 12.5.